The van der Waals surface area contributed by atoms with Crippen molar-refractivity contribution >= 4 is 10.9 Å². The van der Waals surface area contributed by atoms with Crippen molar-refractivity contribution < 1.29 is 5.11 Å². The molecule has 2 atom stereocenters. The van der Waals surface area contributed by atoms with Crippen LogP contribution in [-0.2, 0) is 0 Å². The normalized spacial score (nSPS) is 21.9. The Bertz CT molecular complexity index is 535. The van der Waals surface area contributed by atoms with Crippen LogP contribution in [0.4, 0.5) is 0 Å². The van der Waals surface area contributed by atoms with Gasteiger partial charge in [-0.05, 0) is 31.5 Å². The molecule has 94 valence electrons. The molecule has 3 nitrogen and oxygen atoms in total. The molecule has 2 N–H and O–H groups in total. The number of hydrogen-bond acceptors (Lipinski definition) is 3. The van der Waals surface area contributed by atoms with Crippen LogP contribution in [-0.4, -0.2) is 22.7 Å². The molecule has 0 saturated carbocycles. The SMILES string of the molecule is OC(c1ccc2ccccc2n1)C1CCCCN1. The molecule has 0 bridgehead atoms. The third-order valence-corrected chi connectivity index (χ3v) is 3.65. The number of pyridine rings is 1. The number of aliphatic hydroxyl groups is 1. The van der Waals surface area contributed by atoms with Crippen molar-refractivity contribution in [3.8, 4) is 0 Å². The summed E-state index contributed by atoms with van der Waals surface area (Å²) >= 11 is 0. The highest BCUT2D eigenvalue weighted by Crippen LogP contribution is 2.23. The summed E-state index contributed by atoms with van der Waals surface area (Å²) in [6.45, 7) is 0.995. The number of aromatic nitrogens is 1. The molecule has 1 aromatic heterocycles. The van der Waals surface area contributed by atoms with Gasteiger partial charge in [-0.25, -0.2) is 0 Å². The first-order valence-electron chi connectivity index (χ1n) is 6.62. The summed E-state index contributed by atoms with van der Waals surface area (Å²) in [6, 6.07) is 12.1. The number of aliphatic hydroxyl groups excluding tert-OH is 1. The Morgan fingerprint density at radius 2 is 2.06 bits per heavy atom. The first-order valence-corrected chi connectivity index (χ1v) is 6.62. The largest absolute Gasteiger partial charge is 0.385 e. The minimum Gasteiger partial charge on any atom is -0.385 e. The third-order valence-electron chi connectivity index (χ3n) is 3.65. The van der Waals surface area contributed by atoms with E-state index in [1.54, 1.807) is 0 Å². The average molecular weight is 242 g/mol. The molecular weight excluding hydrogens is 224 g/mol. The zero-order valence-corrected chi connectivity index (χ0v) is 10.3. The maximum absolute atomic E-state index is 10.4. The van der Waals surface area contributed by atoms with Crippen LogP contribution in [0.2, 0.25) is 0 Å². The van der Waals surface area contributed by atoms with E-state index < -0.39 is 6.10 Å². The fraction of sp³-hybridized carbons (Fsp3) is 0.400. The molecule has 3 heteroatoms. The first kappa shape index (κ1) is 11.6. The maximum atomic E-state index is 10.4. The molecule has 0 spiro atoms. The van der Waals surface area contributed by atoms with Gasteiger partial charge in [-0.1, -0.05) is 30.7 Å². The van der Waals surface area contributed by atoms with Gasteiger partial charge in [0.05, 0.1) is 11.2 Å². The van der Waals surface area contributed by atoms with Gasteiger partial charge in [-0.15, -0.1) is 0 Å². The molecule has 1 aliphatic heterocycles. The molecule has 3 rings (SSSR count). The number of para-hydroxylation sites is 1. The van der Waals surface area contributed by atoms with E-state index in [0.717, 1.165) is 29.6 Å². The van der Waals surface area contributed by atoms with Crippen LogP contribution in [0.15, 0.2) is 36.4 Å². The summed E-state index contributed by atoms with van der Waals surface area (Å²) < 4.78 is 0. The molecule has 2 aromatic rings. The number of hydrogen-bond donors (Lipinski definition) is 2. The number of fused-ring (bicyclic) bond motifs is 1. The first-order chi connectivity index (χ1) is 8.84. The Kier molecular flexibility index (Phi) is 3.26. The molecule has 0 amide bonds. The van der Waals surface area contributed by atoms with E-state index in [9.17, 15) is 5.11 Å². The van der Waals surface area contributed by atoms with E-state index in [-0.39, 0.29) is 6.04 Å². The molecule has 18 heavy (non-hydrogen) atoms. The number of nitrogens with zero attached hydrogens (tertiary/aromatic N) is 1. The fourth-order valence-electron chi connectivity index (χ4n) is 2.60. The molecule has 2 unspecified atom stereocenters. The Morgan fingerprint density at radius 1 is 1.17 bits per heavy atom. The highest BCUT2D eigenvalue weighted by Gasteiger charge is 2.23. The van der Waals surface area contributed by atoms with Crippen LogP contribution in [0.25, 0.3) is 10.9 Å². The molecule has 0 aliphatic carbocycles. The van der Waals surface area contributed by atoms with Crippen LogP contribution in [0.3, 0.4) is 0 Å². The van der Waals surface area contributed by atoms with Gasteiger partial charge in [0.15, 0.2) is 0 Å². The summed E-state index contributed by atoms with van der Waals surface area (Å²) in [4.78, 5) is 4.56. The standard InChI is InChI=1S/C15H18N2O/c18-15(13-7-3-4-10-16-13)14-9-8-11-5-1-2-6-12(11)17-14/h1-2,5-6,8-9,13,15-16,18H,3-4,7,10H2. The van der Waals surface area contributed by atoms with Crippen LogP contribution < -0.4 is 5.32 Å². The van der Waals surface area contributed by atoms with Gasteiger partial charge in [0.25, 0.3) is 0 Å². The zero-order valence-electron chi connectivity index (χ0n) is 10.3. The Labute approximate surface area is 107 Å². The fourth-order valence-corrected chi connectivity index (χ4v) is 2.60. The van der Waals surface area contributed by atoms with Crippen molar-refractivity contribution in [2.24, 2.45) is 0 Å². The molecule has 1 aliphatic rings. The minimum absolute atomic E-state index is 0.146. The van der Waals surface area contributed by atoms with Gasteiger partial charge in [0.2, 0.25) is 0 Å². The molecule has 1 saturated heterocycles. The topological polar surface area (TPSA) is 45.2 Å². The van der Waals surface area contributed by atoms with E-state index in [1.807, 2.05) is 36.4 Å². The molecular formula is C15H18N2O. The highest BCUT2D eigenvalue weighted by atomic mass is 16.3. The van der Waals surface area contributed by atoms with Crippen LogP contribution >= 0.6 is 0 Å². The molecule has 0 radical (unpaired) electrons. The lowest BCUT2D eigenvalue weighted by Gasteiger charge is -2.27. The van der Waals surface area contributed by atoms with Gasteiger partial charge >= 0.3 is 0 Å². The predicted octanol–water partition coefficient (Wildman–Crippen LogP) is 2.41. The van der Waals surface area contributed by atoms with E-state index in [0.29, 0.717) is 0 Å². The Balaban J connectivity index is 1.88. The van der Waals surface area contributed by atoms with Crippen molar-refractivity contribution in [2.45, 2.75) is 31.4 Å². The second-order valence-corrected chi connectivity index (χ2v) is 4.93. The van der Waals surface area contributed by atoms with E-state index in [2.05, 4.69) is 10.3 Å². The molecule has 1 fully saturated rings. The van der Waals surface area contributed by atoms with E-state index in [1.165, 1.54) is 12.8 Å². The highest BCUT2D eigenvalue weighted by molar-refractivity contribution is 5.78. The van der Waals surface area contributed by atoms with Crippen molar-refractivity contribution in [3.63, 3.8) is 0 Å². The van der Waals surface area contributed by atoms with E-state index >= 15 is 0 Å². The van der Waals surface area contributed by atoms with Crippen molar-refractivity contribution in [1.82, 2.24) is 10.3 Å². The summed E-state index contributed by atoms with van der Waals surface area (Å²) in [5.41, 5.74) is 1.72. The molecule has 2 heterocycles. The second-order valence-electron chi connectivity index (χ2n) is 4.93. The van der Waals surface area contributed by atoms with Gasteiger partial charge < -0.3 is 10.4 Å². The lowest BCUT2D eigenvalue weighted by Crippen LogP contribution is -2.39. The number of piperidine rings is 1. The number of benzene rings is 1. The predicted molar refractivity (Wildman–Crippen MR) is 72.3 cm³/mol. The monoisotopic (exact) mass is 242 g/mol. The third kappa shape index (κ3) is 2.24. The Morgan fingerprint density at radius 3 is 2.89 bits per heavy atom. The Hall–Kier alpha value is -1.45. The summed E-state index contributed by atoms with van der Waals surface area (Å²) in [5.74, 6) is 0. The van der Waals surface area contributed by atoms with Crippen LogP contribution in [0.5, 0.6) is 0 Å². The summed E-state index contributed by atoms with van der Waals surface area (Å²) in [7, 11) is 0. The summed E-state index contributed by atoms with van der Waals surface area (Å²) in [6.07, 6.45) is 2.90. The van der Waals surface area contributed by atoms with Gasteiger partial charge in [0, 0.05) is 11.4 Å². The van der Waals surface area contributed by atoms with Gasteiger partial charge in [0.1, 0.15) is 6.10 Å². The lowest BCUT2D eigenvalue weighted by atomic mass is 9.97. The molecule has 1 aromatic carbocycles. The number of rotatable bonds is 2. The average Bonchev–Trinajstić information content (AvgIpc) is 2.47. The van der Waals surface area contributed by atoms with Crippen molar-refractivity contribution in [2.75, 3.05) is 6.54 Å². The quantitative estimate of drug-likeness (QED) is 0.850. The number of nitrogens with one attached hydrogen (secondary N) is 1. The van der Waals surface area contributed by atoms with Crippen LogP contribution in [0.1, 0.15) is 31.1 Å². The summed E-state index contributed by atoms with van der Waals surface area (Å²) in [5, 5.41) is 14.9. The smallest absolute Gasteiger partial charge is 0.111 e. The van der Waals surface area contributed by atoms with Crippen LogP contribution in [0, 0.1) is 0 Å². The van der Waals surface area contributed by atoms with Gasteiger partial charge in [-0.2, -0.15) is 0 Å². The van der Waals surface area contributed by atoms with Crippen molar-refractivity contribution in [1.29, 1.82) is 0 Å². The zero-order chi connectivity index (χ0) is 12.4. The second kappa shape index (κ2) is 5.04. The lowest BCUT2D eigenvalue weighted by molar-refractivity contribution is 0.110. The van der Waals surface area contributed by atoms with Gasteiger partial charge in [-0.3, -0.25) is 4.98 Å². The minimum atomic E-state index is -0.505. The van der Waals surface area contributed by atoms with E-state index in [4.69, 9.17) is 0 Å². The van der Waals surface area contributed by atoms with Crippen molar-refractivity contribution in [3.05, 3.63) is 42.1 Å². The maximum Gasteiger partial charge on any atom is 0.111 e.